The Balaban J connectivity index is 1.85. The highest BCUT2D eigenvalue weighted by atomic mass is 32.2. The van der Waals surface area contributed by atoms with E-state index >= 15 is 0 Å². The Morgan fingerprint density at radius 3 is 2.45 bits per heavy atom. The van der Waals surface area contributed by atoms with E-state index in [4.69, 9.17) is 4.42 Å². The molecule has 0 fully saturated rings. The Morgan fingerprint density at radius 2 is 1.81 bits per heavy atom. The second kappa shape index (κ2) is 14.4. The molecule has 0 aliphatic carbocycles. The van der Waals surface area contributed by atoms with Crippen molar-refractivity contribution in [2.75, 3.05) is 33.7 Å². The van der Waals surface area contributed by atoms with Gasteiger partial charge >= 0.3 is 0 Å². The van der Waals surface area contributed by atoms with Crippen LogP contribution in [0.3, 0.4) is 0 Å². The van der Waals surface area contributed by atoms with Gasteiger partial charge in [0.2, 0.25) is 21.8 Å². The van der Waals surface area contributed by atoms with Crippen LogP contribution in [0.15, 0.2) is 70.2 Å². The molecule has 0 spiro atoms. The largest absolute Gasteiger partial charge is 0.464 e. The predicted molar refractivity (Wildman–Crippen MR) is 158 cm³/mol. The molecule has 1 aromatic heterocycles. The number of furan rings is 1. The molecule has 2 amide bonds. The maximum atomic E-state index is 14.1. The summed E-state index contributed by atoms with van der Waals surface area (Å²) in [6, 6.07) is 16.1. The number of rotatable bonds is 15. The number of aliphatic hydroxyl groups is 1. The summed E-state index contributed by atoms with van der Waals surface area (Å²) in [5, 5.41) is 27.4. The minimum Gasteiger partial charge on any atom is -0.464 e. The lowest BCUT2D eigenvalue weighted by atomic mass is 9.98. The summed E-state index contributed by atoms with van der Waals surface area (Å²) in [5.74, 6) is -1.03. The summed E-state index contributed by atoms with van der Waals surface area (Å²) in [5.41, 5.74) is -0.647. The van der Waals surface area contributed by atoms with E-state index in [1.807, 2.05) is 26.0 Å². The number of likely N-dealkylation sites (N-methyl/N-ethyl adjacent to an activating group) is 1. The van der Waals surface area contributed by atoms with E-state index in [0.29, 0.717) is 16.5 Å². The number of nitriles is 1. The van der Waals surface area contributed by atoms with Crippen molar-refractivity contribution in [3.8, 4) is 6.07 Å². The minimum atomic E-state index is -4.21. The number of nitrogens with one attached hydrogen (secondary N) is 2. The SMILES string of the molecule is CC(C)CN(C(O)(CCNC(=O)CC(C#N)NC(=O)CN(C)C)Cc1ccccc1)S(=O)(=O)c1ccc2occc2c1. The lowest BCUT2D eigenvalue weighted by molar-refractivity contribution is -0.123. The first-order valence-electron chi connectivity index (χ1n) is 13.7. The minimum absolute atomic E-state index is 0.0119. The summed E-state index contributed by atoms with van der Waals surface area (Å²) in [7, 11) is -0.784. The van der Waals surface area contributed by atoms with Crippen LogP contribution in [-0.2, 0) is 26.0 Å². The van der Waals surface area contributed by atoms with E-state index in [1.54, 1.807) is 55.4 Å². The van der Waals surface area contributed by atoms with Gasteiger partial charge in [0.25, 0.3) is 0 Å². The van der Waals surface area contributed by atoms with E-state index in [1.165, 1.54) is 18.4 Å². The van der Waals surface area contributed by atoms with Crippen LogP contribution in [0.5, 0.6) is 0 Å². The summed E-state index contributed by atoms with van der Waals surface area (Å²) in [6.07, 6.45) is 1.04. The molecule has 226 valence electrons. The lowest BCUT2D eigenvalue weighted by Gasteiger charge is -2.40. The third kappa shape index (κ3) is 8.87. The summed E-state index contributed by atoms with van der Waals surface area (Å²) >= 11 is 0. The van der Waals surface area contributed by atoms with Gasteiger partial charge < -0.3 is 25.1 Å². The Morgan fingerprint density at radius 1 is 1.10 bits per heavy atom. The second-order valence-corrected chi connectivity index (χ2v) is 12.8. The first kappa shape index (κ1) is 32.8. The number of benzene rings is 2. The van der Waals surface area contributed by atoms with Gasteiger partial charge in [0.05, 0.1) is 30.2 Å². The molecule has 2 atom stereocenters. The molecule has 0 aliphatic rings. The highest BCUT2D eigenvalue weighted by molar-refractivity contribution is 7.89. The fourth-order valence-electron chi connectivity index (χ4n) is 4.60. The molecule has 0 saturated carbocycles. The fourth-order valence-corrected chi connectivity index (χ4v) is 6.46. The molecule has 1 heterocycles. The van der Waals surface area contributed by atoms with Crippen molar-refractivity contribution >= 4 is 32.8 Å². The second-order valence-electron chi connectivity index (χ2n) is 11.0. The maximum absolute atomic E-state index is 14.1. The van der Waals surface area contributed by atoms with E-state index in [0.717, 1.165) is 4.31 Å². The van der Waals surface area contributed by atoms with Gasteiger partial charge in [-0.25, -0.2) is 8.42 Å². The van der Waals surface area contributed by atoms with Gasteiger partial charge in [0.15, 0.2) is 0 Å². The van der Waals surface area contributed by atoms with Crippen LogP contribution in [-0.4, -0.2) is 80.0 Å². The molecule has 12 heteroatoms. The van der Waals surface area contributed by atoms with E-state index in [2.05, 4.69) is 10.6 Å². The molecule has 3 aromatic rings. The number of amides is 2. The summed E-state index contributed by atoms with van der Waals surface area (Å²) in [4.78, 5) is 26.3. The molecule has 0 saturated heterocycles. The number of nitrogens with zero attached hydrogens (tertiary/aromatic N) is 3. The van der Waals surface area contributed by atoms with Gasteiger partial charge in [-0.1, -0.05) is 44.2 Å². The first-order valence-corrected chi connectivity index (χ1v) is 15.1. The Bertz CT molecular complexity index is 1500. The Labute approximate surface area is 247 Å². The van der Waals surface area contributed by atoms with Crippen molar-refractivity contribution in [2.45, 2.75) is 49.8 Å². The maximum Gasteiger partial charge on any atom is 0.245 e. The van der Waals surface area contributed by atoms with Crippen molar-refractivity contribution in [1.29, 1.82) is 5.26 Å². The highest BCUT2D eigenvalue weighted by Gasteiger charge is 2.43. The molecular weight excluding hydrogens is 558 g/mol. The normalized spacial score (nSPS) is 14.1. The van der Waals surface area contributed by atoms with Crippen molar-refractivity contribution in [3.63, 3.8) is 0 Å². The van der Waals surface area contributed by atoms with Crippen LogP contribution in [0.25, 0.3) is 11.0 Å². The zero-order valence-electron chi connectivity index (χ0n) is 24.4. The van der Waals surface area contributed by atoms with Crippen molar-refractivity contribution in [1.82, 2.24) is 19.8 Å². The third-order valence-corrected chi connectivity index (χ3v) is 8.44. The topological polar surface area (TPSA) is 156 Å². The Hall–Kier alpha value is -3.76. The van der Waals surface area contributed by atoms with Gasteiger partial charge in [-0.15, -0.1) is 0 Å². The van der Waals surface area contributed by atoms with Gasteiger partial charge in [0.1, 0.15) is 17.3 Å². The molecule has 0 radical (unpaired) electrons. The number of sulfonamides is 1. The van der Waals surface area contributed by atoms with Crippen LogP contribution < -0.4 is 10.6 Å². The Kier molecular flexibility index (Phi) is 11.2. The first-order chi connectivity index (χ1) is 19.8. The average molecular weight is 598 g/mol. The van der Waals surface area contributed by atoms with Crippen LogP contribution in [0.1, 0.15) is 32.3 Å². The predicted octanol–water partition coefficient (Wildman–Crippen LogP) is 2.48. The van der Waals surface area contributed by atoms with E-state index in [-0.39, 0.29) is 55.6 Å². The number of carbonyl (C=O) groups excluding carboxylic acids is 2. The average Bonchev–Trinajstić information content (AvgIpc) is 3.39. The zero-order valence-corrected chi connectivity index (χ0v) is 25.2. The molecule has 11 nitrogen and oxygen atoms in total. The smallest absolute Gasteiger partial charge is 0.245 e. The van der Waals surface area contributed by atoms with E-state index < -0.39 is 27.7 Å². The third-order valence-electron chi connectivity index (χ3n) is 6.53. The monoisotopic (exact) mass is 597 g/mol. The highest BCUT2D eigenvalue weighted by Crippen LogP contribution is 2.31. The summed E-state index contributed by atoms with van der Waals surface area (Å²) < 4.78 is 34.7. The van der Waals surface area contributed by atoms with Crippen LogP contribution in [0.2, 0.25) is 0 Å². The molecule has 3 N–H and O–H groups in total. The quantitative estimate of drug-likeness (QED) is 0.226. The van der Waals surface area contributed by atoms with Gasteiger partial charge in [-0.2, -0.15) is 9.57 Å². The molecule has 3 rings (SSSR count). The zero-order chi connectivity index (χ0) is 30.9. The van der Waals surface area contributed by atoms with Crippen LogP contribution in [0.4, 0.5) is 0 Å². The van der Waals surface area contributed by atoms with Gasteiger partial charge in [0, 0.05) is 31.3 Å². The van der Waals surface area contributed by atoms with Crippen molar-refractivity contribution in [3.05, 3.63) is 66.4 Å². The summed E-state index contributed by atoms with van der Waals surface area (Å²) in [6.45, 7) is 3.74. The number of hydrogen-bond acceptors (Lipinski definition) is 8. The molecular formula is C30H39N5O6S. The molecule has 2 unspecified atom stereocenters. The lowest BCUT2D eigenvalue weighted by Crippen LogP contribution is -2.56. The number of hydrogen-bond donors (Lipinski definition) is 3. The number of carbonyl (C=O) groups is 2. The van der Waals surface area contributed by atoms with E-state index in [9.17, 15) is 28.4 Å². The van der Waals surface area contributed by atoms with Crippen molar-refractivity contribution < 1.29 is 27.5 Å². The fraction of sp³-hybridized carbons (Fsp3) is 0.433. The molecule has 0 bridgehead atoms. The molecule has 42 heavy (non-hydrogen) atoms. The van der Waals surface area contributed by atoms with Crippen molar-refractivity contribution in [2.24, 2.45) is 5.92 Å². The van der Waals surface area contributed by atoms with Crippen LogP contribution >= 0.6 is 0 Å². The standard InChI is InChI=1S/C30H39N5O6S/c1-22(2)20-35(42(39,40)26-10-11-27-24(16-26)12-15-41-27)30(38,18-23-8-6-5-7-9-23)13-14-32-28(36)17-25(19-31)33-29(37)21-34(3)4/h5-12,15-16,22,25,38H,13-14,17-18,20-21H2,1-4H3,(H,32,36)(H,33,37). The number of fused-ring (bicyclic) bond motifs is 1. The van der Waals surface area contributed by atoms with Gasteiger partial charge in [-0.3, -0.25) is 9.59 Å². The molecule has 2 aromatic carbocycles. The van der Waals surface area contributed by atoms with Crippen LogP contribution in [0, 0.1) is 17.2 Å². The molecule has 0 aliphatic heterocycles. The van der Waals surface area contributed by atoms with Gasteiger partial charge in [-0.05, 0) is 49.8 Å².